The average Bonchev–Trinajstić information content (AvgIpc) is 3.10. The Bertz CT molecular complexity index is 941. The van der Waals surface area contributed by atoms with Gasteiger partial charge in [0.1, 0.15) is 5.01 Å². The summed E-state index contributed by atoms with van der Waals surface area (Å²) in [6.45, 7) is 0. The molecule has 0 atom stereocenters. The molecule has 9 heteroatoms. The van der Waals surface area contributed by atoms with Gasteiger partial charge in [-0.15, -0.1) is 10.2 Å². The zero-order chi connectivity index (χ0) is 19.5. The molecule has 4 aliphatic rings. The molecule has 0 saturated heterocycles. The Morgan fingerprint density at radius 3 is 2.43 bits per heavy atom. The molecule has 4 bridgehead atoms. The number of non-ortho nitro benzene ring substituents is 1. The van der Waals surface area contributed by atoms with Crippen LogP contribution in [0.25, 0.3) is 0 Å². The predicted molar refractivity (Wildman–Crippen MR) is 106 cm³/mol. The summed E-state index contributed by atoms with van der Waals surface area (Å²) in [5.74, 6) is 1.90. The Kier molecular flexibility index (Phi) is 4.17. The summed E-state index contributed by atoms with van der Waals surface area (Å²) in [6, 6.07) is 3.81. The molecule has 7 nitrogen and oxygen atoms in total. The van der Waals surface area contributed by atoms with Crippen LogP contribution in [0.5, 0.6) is 0 Å². The Morgan fingerprint density at radius 1 is 1.18 bits per heavy atom. The van der Waals surface area contributed by atoms with Crippen molar-refractivity contribution in [3.63, 3.8) is 0 Å². The number of halogens is 1. The lowest BCUT2D eigenvalue weighted by Crippen LogP contribution is -2.48. The first-order valence-electron chi connectivity index (χ1n) is 9.51. The lowest BCUT2D eigenvalue weighted by molar-refractivity contribution is -0.384. The molecule has 1 aromatic heterocycles. The molecule has 1 heterocycles. The predicted octanol–water partition coefficient (Wildman–Crippen LogP) is 4.82. The Morgan fingerprint density at radius 2 is 1.82 bits per heavy atom. The van der Waals surface area contributed by atoms with Crippen LogP contribution in [0.2, 0.25) is 5.02 Å². The molecule has 0 unspecified atom stereocenters. The standard InChI is InChI=1S/C19H19ClN4O3S/c20-15-2-1-13(24(26)27)6-14(15)16(25)21-18-23-22-17(28-18)19-7-10-3-11(8-19)5-12(4-10)9-19/h1-2,6,10-12H,3-5,7-9H2,(H,21,23,25). The van der Waals surface area contributed by atoms with Gasteiger partial charge in [-0.3, -0.25) is 20.2 Å². The van der Waals surface area contributed by atoms with Gasteiger partial charge < -0.3 is 0 Å². The van der Waals surface area contributed by atoms with Gasteiger partial charge in [0.05, 0.1) is 15.5 Å². The second-order valence-electron chi connectivity index (χ2n) is 8.49. The maximum Gasteiger partial charge on any atom is 0.270 e. The van der Waals surface area contributed by atoms with Crippen LogP contribution in [0.1, 0.15) is 53.9 Å². The monoisotopic (exact) mass is 418 g/mol. The van der Waals surface area contributed by atoms with Crippen molar-refractivity contribution in [2.75, 3.05) is 5.32 Å². The van der Waals surface area contributed by atoms with Crippen LogP contribution in [0.3, 0.4) is 0 Å². The SMILES string of the molecule is O=C(Nc1nnc(C23CC4CC(CC(C4)C2)C3)s1)c1cc([N+](=O)[O-])ccc1Cl. The van der Waals surface area contributed by atoms with Crippen molar-refractivity contribution < 1.29 is 9.72 Å². The number of hydrogen-bond acceptors (Lipinski definition) is 6. The second kappa shape index (κ2) is 6.49. The van der Waals surface area contributed by atoms with Gasteiger partial charge in [0.25, 0.3) is 11.6 Å². The number of nitrogens with zero attached hydrogens (tertiary/aromatic N) is 3. The van der Waals surface area contributed by atoms with Crippen LogP contribution in [-0.2, 0) is 5.41 Å². The summed E-state index contributed by atoms with van der Waals surface area (Å²) in [5, 5.41) is 23.9. The Balaban J connectivity index is 1.37. The first-order chi connectivity index (χ1) is 13.4. The maximum absolute atomic E-state index is 12.6. The molecule has 0 radical (unpaired) electrons. The molecule has 0 spiro atoms. The Labute approximate surface area is 170 Å². The highest BCUT2D eigenvalue weighted by Crippen LogP contribution is 2.61. The van der Waals surface area contributed by atoms with E-state index in [1.165, 1.54) is 68.1 Å². The molecule has 4 aliphatic carbocycles. The van der Waals surface area contributed by atoms with Crippen molar-refractivity contribution in [1.29, 1.82) is 0 Å². The van der Waals surface area contributed by atoms with E-state index < -0.39 is 10.8 Å². The van der Waals surface area contributed by atoms with Crippen LogP contribution in [0.15, 0.2) is 18.2 Å². The summed E-state index contributed by atoms with van der Waals surface area (Å²) in [7, 11) is 0. The van der Waals surface area contributed by atoms with Crippen LogP contribution in [0, 0.1) is 27.9 Å². The van der Waals surface area contributed by atoms with Crippen LogP contribution in [0.4, 0.5) is 10.8 Å². The topological polar surface area (TPSA) is 98.0 Å². The van der Waals surface area contributed by atoms with Crippen LogP contribution in [-0.4, -0.2) is 21.0 Å². The van der Waals surface area contributed by atoms with Gasteiger partial charge in [0.2, 0.25) is 5.13 Å². The fourth-order valence-electron chi connectivity index (χ4n) is 5.83. The summed E-state index contributed by atoms with van der Waals surface area (Å²) < 4.78 is 0. The number of anilines is 1. The third-order valence-electron chi connectivity index (χ3n) is 6.54. The number of carbonyl (C=O) groups excluding carboxylic acids is 1. The number of carbonyl (C=O) groups is 1. The minimum Gasteiger partial charge on any atom is -0.296 e. The van der Waals surface area contributed by atoms with E-state index >= 15 is 0 Å². The smallest absolute Gasteiger partial charge is 0.270 e. The molecule has 28 heavy (non-hydrogen) atoms. The van der Waals surface area contributed by atoms with Gasteiger partial charge in [-0.05, 0) is 62.3 Å². The van der Waals surface area contributed by atoms with Gasteiger partial charge in [-0.1, -0.05) is 22.9 Å². The summed E-state index contributed by atoms with van der Waals surface area (Å²) in [4.78, 5) is 23.0. The van der Waals surface area contributed by atoms with Gasteiger partial charge in [-0.25, -0.2) is 0 Å². The van der Waals surface area contributed by atoms with Crippen LogP contribution < -0.4 is 5.32 Å². The zero-order valence-corrected chi connectivity index (χ0v) is 16.6. The van der Waals surface area contributed by atoms with E-state index in [-0.39, 0.29) is 21.7 Å². The molecule has 146 valence electrons. The molecule has 1 aromatic carbocycles. The molecule has 1 N–H and O–H groups in total. The minimum absolute atomic E-state index is 0.0578. The number of nitro benzene ring substituents is 1. The molecule has 4 fully saturated rings. The number of aromatic nitrogens is 2. The molecular weight excluding hydrogens is 400 g/mol. The number of nitro groups is 1. The van der Waals surface area contributed by atoms with Crippen molar-refractivity contribution in [2.24, 2.45) is 17.8 Å². The van der Waals surface area contributed by atoms with Gasteiger partial charge in [0.15, 0.2) is 0 Å². The van der Waals surface area contributed by atoms with Crippen molar-refractivity contribution in [3.8, 4) is 0 Å². The lowest BCUT2D eigenvalue weighted by Gasteiger charge is -2.55. The number of amides is 1. The van der Waals surface area contributed by atoms with Crippen molar-refractivity contribution in [2.45, 2.75) is 43.9 Å². The Hall–Kier alpha value is -2.06. The van der Waals surface area contributed by atoms with E-state index in [4.69, 9.17) is 11.6 Å². The molecule has 4 saturated carbocycles. The normalized spacial score (nSPS) is 30.4. The van der Waals surface area contributed by atoms with Gasteiger partial charge in [0, 0.05) is 17.5 Å². The van der Waals surface area contributed by atoms with Crippen LogP contribution >= 0.6 is 22.9 Å². The van der Waals surface area contributed by atoms with E-state index in [2.05, 4.69) is 15.5 Å². The fourth-order valence-corrected chi connectivity index (χ4v) is 6.99. The van der Waals surface area contributed by atoms with E-state index in [0.717, 1.165) is 22.8 Å². The van der Waals surface area contributed by atoms with Crippen molar-refractivity contribution >= 4 is 39.7 Å². The number of rotatable bonds is 4. The third-order valence-corrected chi connectivity index (χ3v) is 7.96. The summed E-state index contributed by atoms with van der Waals surface area (Å²) in [5.41, 5.74) is 0.00182. The molecule has 0 aliphatic heterocycles. The largest absolute Gasteiger partial charge is 0.296 e. The third kappa shape index (κ3) is 2.99. The molecular formula is C19H19ClN4O3S. The average molecular weight is 419 g/mol. The van der Waals surface area contributed by atoms with E-state index in [0.29, 0.717) is 5.13 Å². The maximum atomic E-state index is 12.6. The van der Waals surface area contributed by atoms with Gasteiger partial charge >= 0.3 is 0 Å². The van der Waals surface area contributed by atoms with Crippen molar-refractivity contribution in [1.82, 2.24) is 10.2 Å². The molecule has 1 amide bonds. The summed E-state index contributed by atoms with van der Waals surface area (Å²) in [6.07, 6.45) is 7.60. The molecule has 2 aromatic rings. The highest BCUT2D eigenvalue weighted by molar-refractivity contribution is 7.15. The first kappa shape index (κ1) is 18.0. The number of benzene rings is 1. The lowest BCUT2D eigenvalue weighted by atomic mass is 9.50. The van der Waals surface area contributed by atoms with Gasteiger partial charge in [-0.2, -0.15) is 0 Å². The molecule has 6 rings (SSSR count). The zero-order valence-electron chi connectivity index (χ0n) is 15.1. The number of hydrogen-bond donors (Lipinski definition) is 1. The number of nitrogens with one attached hydrogen (secondary N) is 1. The first-order valence-corrected chi connectivity index (χ1v) is 10.7. The quantitative estimate of drug-likeness (QED) is 0.566. The second-order valence-corrected chi connectivity index (χ2v) is 9.87. The summed E-state index contributed by atoms with van der Waals surface area (Å²) >= 11 is 7.49. The van der Waals surface area contributed by atoms with E-state index in [9.17, 15) is 14.9 Å². The highest BCUT2D eigenvalue weighted by Gasteiger charge is 2.53. The van der Waals surface area contributed by atoms with E-state index in [1.54, 1.807) is 0 Å². The van der Waals surface area contributed by atoms with Crippen molar-refractivity contribution in [3.05, 3.63) is 43.9 Å². The highest BCUT2D eigenvalue weighted by atomic mass is 35.5. The van der Waals surface area contributed by atoms with E-state index in [1.807, 2.05) is 0 Å². The minimum atomic E-state index is -0.552. The fraction of sp³-hybridized carbons (Fsp3) is 0.526.